The predicted octanol–water partition coefficient (Wildman–Crippen LogP) is 3.27. The summed E-state index contributed by atoms with van der Waals surface area (Å²) < 4.78 is 28.0. The minimum Gasteiger partial charge on any atom is -0.473 e. The van der Waals surface area contributed by atoms with Gasteiger partial charge in [0, 0.05) is 53.5 Å². The number of aliphatic hydroxyl groups excluding tert-OH is 2. The number of ether oxygens (including phenoxy) is 2. The van der Waals surface area contributed by atoms with Gasteiger partial charge in [-0.25, -0.2) is 14.4 Å². The third-order valence-corrected chi connectivity index (χ3v) is 10.0. The summed E-state index contributed by atoms with van der Waals surface area (Å²) in [7, 11) is 0. The second-order valence-electron chi connectivity index (χ2n) is 13.2. The molecule has 0 aliphatic carbocycles. The molecule has 0 bridgehead atoms. The van der Waals surface area contributed by atoms with Gasteiger partial charge < -0.3 is 34.5 Å². The maximum atomic E-state index is 14.2. The maximum Gasteiger partial charge on any atom is 0.251 e. The molecule has 0 unspecified atom stereocenters. The molecule has 2 amide bonds. The molecule has 2 aromatic carbocycles. The second kappa shape index (κ2) is 15.0. The van der Waals surface area contributed by atoms with Gasteiger partial charge in [-0.1, -0.05) is 23.7 Å². The number of carbonyl (C=O) groups excluding carboxylic acids is 2. The molecule has 3 aliphatic rings. The number of nitrogens with zero attached hydrogens (tertiary/aromatic N) is 5. The van der Waals surface area contributed by atoms with E-state index in [1.54, 1.807) is 30.3 Å². The van der Waals surface area contributed by atoms with Crippen LogP contribution in [0.5, 0.6) is 5.88 Å². The van der Waals surface area contributed by atoms with Crippen LogP contribution in [0, 0.1) is 5.82 Å². The SMILES string of the molecule is O=C(NCC(=O)N1C[C@@H](O)[C@@H](O)C1)c1ccc2c(c1)nc(CN1CCC(c3cccc(OCc4ccc(Cl)cc4F)n3)CC1)n2C[C@@H]1CCO1. The van der Waals surface area contributed by atoms with Crippen molar-refractivity contribution in [2.75, 3.05) is 39.3 Å². The van der Waals surface area contributed by atoms with Gasteiger partial charge in [0.2, 0.25) is 11.8 Å². The number of piperidine rings is 1. The Morgan fingerprint density at radius 2 is 1.80 bits per heavy atom. The molecule has 3 saturated heterocycles. The van der Waals surface area contributed by atoms with Crippen LogP contribution in [0.15, 0.2) is 54.6 Å². The normalized spacial score (nSPS) is 21.4. The predicted molar refractivity (Wildman–Crippen MR) is 182 cm³/mol. The van der Waals surface area contributed by atoms with Gasteiger partial charge in [0.1, 0.15) is 18.2 Å². The number of amides is 2. The van der Waals surface area contributed by atoms with Gasteiger partial charge in [0.05, 0.1) is 49.0 Å². The van der Waals surface area contributed by atoms with E-state index in [0.29, 0.717) is 40.6 Å². The summed E-state index contributed by atoms with van der Waals surface area (Å²) in [4.78, 5) is 38.9. The molecule has 5 heterocycles. The van der Waals surface area contributed by atoms with Crippen molar-refractivity contribution in [3.8, 4) is 5.88 Å². The van der Waals surface area contributed by atoms with E-state index in [1.165, 1.54) is 11.0 Å². The summed E-state index contributed by atoms with van der Waals surface area (Å²) in [6, 6.07) is 15.6. The van der Waals surface area contributed by atoms with E-state index in [9.17, 15) is 24.2 Å². The summed E-state index contributed by atoms with van der Waals surface area (Å²) in [6.07, 6.45) is 0.958. The number of benzene rings is 2. The van der Waals surface area contributed by atoms with Crippen molar-refractivity contribution in [3.05, 3.63) is 88.1 Å². The molecule has 0 saturated carbocycles. The average Bonchev–Trinajstić information content (AvgIpc) is 3.62. The molecule has 0 radical (unpaired) electrons. The van der Waals surface area contributed by atoms with Crippen LogP contribution in [0.3, 0.4) is 0 Å². The van der Waals surface area contributed by atoms with Crippen molar-refractivity contribution in [2.24, 2.45) is 0 Å². The van der Waals surface area contributed by atoms with E-state index in [4.69, 9.17) is 31.0 Å². The minimum atomic E-state index is -0.979. The standard InChI is InChI=1S/C36H40ClFN6O6/c37-25-6-4-24(27(38)15-25)21-50-34-3-1-2-28(41-34)22-8-11-42(12-9-22)20-33-40-29-14-23(5-7-30(29)44(33)17-26-10-13-49-26)36(48)39-16-35(47)43-18-31(45)32(46)19-43/h1-7,14-15,22,26,31-32,45-46H,8-13,16-21H2,(H,39,48)/t26-,31-,32+/m0/s1. The first kappa shape index (κ1) is 34.3. The zero-order valence-corrected chi connectivity index (χ0v) is 28.3. The Morgan fingerprint density at radius 1 is 1.02 bits per heavy atom. The number of pyridine rings is 1. The highest BCUT2D eigenvalue weighted by Crippen LogP contribution is 2.30. The molecule has 12 nitrogen and oxygen atoms in total. The molecule has 3 aliphatic heterocycles. The molecule has 4 aromatic rings. The quantitative estimate of drug-likeness (QED) is 0.214. The lowest BCUT2D eigenvalue weighted by Crippen LogP contribution is -2.39. The number of likely N-dealkylation sites (tertiary alicyclic amines) is 2. The third-order valence-electron chi connectivity index (χ3n) is 9.79. The number of nitrogens with one attached hydrogen (secondary N) is 1. The van der Waals surface area contributed by atoms with Gasteiger partial charge in [-0.2, -0.15) is 0 Å². The molecule has 0 spiro atoms. The molecular weight excluding hydrogens is 667 g/mol. The molecule has 3 atom stereocenters. The van der Waals surface area contributed by atoms with Gasteiger partial charge in [-0.15, -0.1) is 0 Å². The highest BCUT2D eigenvalue weighted by molar-refractivity contribution is 6.30. The van der Waals surface area contributed by atoms with E-state index in [1.807, 2.05) is 18.2 Å². The van der Waals surface area contributed by atoms with Crippen molar-refractivity contribution >= 4 is 34.4 Å². The van der Waals surface area contributed by atoms with Crippen LogP contribution in [0.25, 0.3) is 11.0 Å². The number of aliphatic hydroxyl groups is 2. The number of imidazole rings is 1. The Kier molecular flexibility index (Phi) is 10.3. The van der Waals surface area contributed by atoms with Crippen molar-refractivity contribution < 1.29 is 33.7 Å². The highest BCUT2D eigenvalue weighted by atomic mass is 35.5. The van der Waals surface area contributed by atoms with E-state index in [-0.39, 0.29) is 44.2 Å². The Balaban J connectivity index is 0.979. The minimum absolute atomic E-state index is 0.0402. The summed E-state index contributed by atoms with van der Waals surface area (Å²) in [5, 5.41) is 22.5. The third kappa shape index (κ3) is 7.77. The summed E-state index contributed by atoms with van der Waals surface area (Å²) >= 11 is 5.87. The van der Waals surface area contributed by atoms with Gasteiger partial charge in [0.25, 0.3) is 5.91 Å². The molecule has 14 heteroatoms. The number of halogens is 2. The van der Waals surface area contributed by atoms with Gasteiger partial charge in [-0.05, 0) is 68.8 Å². The number of hydrogen-bond acceptors (Lipinski definition) is 9. The first-order valence-electron chi connectivity index (χ1n) is 17.0. The Morgan fingerprint density at radius 3 is 2.52 bits per heavy atom. The van der Waals surface area contributed by atoms with Crippen LogP contribution >= 0.6 is 11.6 Å². The molecular formula is C36H40ClFN6O6. The van der Waals surface area contributed by atoms with Crippen molar-refractivity contribution in [2.45, 2.75) is 63.2 Å². The fourth-order valence-corrected chi connectivity index (χ4v) is 6.89. The number of fused-ring (bicyclic) bond motifs is 1. The topological polar surface area (TPSA) is 142 Å². The fraction of sp³-hybridized carbons (Fsp3) is 0.444. The van der Waals surface area contributed by atoms with Crippen molar-refractivity contribution in [3.63, 3.8) is 0 Å². The van der Waals surface area contributed by atoms with E-state index in [0.717, 1.165) is 56.0 Å². The number of hydrogen-bond donors (Lipinski definition) is 3. The average molecular weight is 707 g/mol. The van der Waals surface area contributed by atoms with E-state index in [2.05, 4.69) is 14.8 Å². The van der Waals surface area contributed by atoms with Crippen LogP contribution in [-0.2, 0) is 29.2 Å². The zero-order chi connectivity index (χ0) is 34.8. The first-order chi connectivity index (χ1) is 24.2. The van der Waals surface area contributed by atoms with Crippen LogP contribution in [0.1, 0.15) is 52.6 Å². The number of β-amino-alcohol motifs (C(OH)–C–C–N with tert-alkyl or cyclic N) is 2. The summed E-state index contributed by atoms with van der Waals surface area (Å²) in [5.41, 5.74) is 3.37. The van der Waals surface area contributed by atoms with E-state index < -0.39 is 23.9 Å². The Labute approximate surface area is 293 Å². The highest BCUT2D eigenvalue weighted by Gasteiger charge is 2.32. The van der Waals surface area contributed by atoms with Gasteiger partial charge in [0.15, 0.2) is 0 Å². The Hall–Kier alpha value is -4.14. The number of aromatic nitrogens is 3. The smallest absolute Gasteiger partial charge is 0.251 e. The molecule has 2 aromatic heterocycles. The lowest BCUT2D eigenvalue weighted by Gasteiger charge is -2.32. The first-order valence-corrected chi connectivity index (χ1v) is 17.4. The van der Waals surface area contributed by atoms with Crippen LogP contribution in [0.4, 0.5) is 4.39 Å². The summed E-state index contributed by atoms with van der Waals surface area (Å²) in [6.45, 7) is 3.67. The van der Waals surface area contributed by atoms with Crippen LogP contribution in [0.2, 0.25) is 5.02 Å². The van der Waals surface area contributed by atoms with E-state index >= 15 is 0 Å². The molecule has 50 heavy (non-hydrogen) atoms. The van der Waals surface area contributed by atoms with Crippen molar-refractivity contribution in [1.82, 2.24) is 29.7 Å². The maximum absolute atomic E-state index is 14.2. The second-order valence-corrected chi connectivity index (χ2v) is 13.7. The molecule has 3 fully saturated rings. The lowest BCUT2D eigenvalue weighted by atomic mass is 9.93. The molecule has 264 valence electrons. The molecule has 3 N–H and O–H groups in total. The number of rotatable bonds is 11. The van der Waals surface area contributed by atoms with Gasteiger partial charge in [-0.3, -0.25) is 14.5 Å². The molecule has 7 rings (SSSR count). The monoisotopic (exact) mass is 706 g/mol. The van der Waals surface area contributed by atoms with Crippen LogP contribution in [-0.4, -0.2) is 104 Å². The van der Waals surface area contributed by atoms with Crippen molar-refractivity contribution in [1.29, 1.82) is 0 Å². The van der Waals surface area contributed by atoms with Crippen LogP contribution < -0.4 is 10.1 Å². The fourth-order valence-electron chi connectivity index (χ4n) is 6.74. The lowest BCUT2D eigenvalue weighted by molar-refractivity contribution is -0.129. The largest absolute Gasteiger partial charge is 0.473 e. The zero-order valence-electron chi connectivity index (χ0n) is 27.5. The summed E-state index contributed by atoms with van der Waals surface area (Å²) in [5.74, 6) is 0.438. The number of carbonyl (C=O) groups is 2. The Bertz CT molecular complexity index is 1850. The van der Waals surface area contributed by atoms with Gasteiger partial charge >= 0.3 is 0 Å².